The third kappa shape index (κ3) is 5.76. The Hall–Kier alpha value is -1.67. The first-order valence-corrected chi connectivity index (χ1v) is 8.73. The van der Waals surface area contributed by atoms with Crippen molar-refractivity contribution in [3.8, 4) is 0 Å². The summed E-state index contributed by atoms with van der Waals surface area (Å²) in [5.41, 5.74) is 0. The summed E-state index contributed by atoms with van der Waals surface area (Å²) in [6.07, 6.45) is 0. The van der Waals surface area contributed by atoms with Gasteiger partial charge in [-0.2, -0.15) is 4.98 Å². The van der Waals surface area contributed by atoms with Crippen LogP contribution < -0.4 is 10.6 Å². The van der Waals surface area contributed by atoms with E-state index in [1.807, 2.05) is 0 Å². The fraction of sp³-hybridized carbons (Fsp3) is 0.812. The van der Waals surface area contributed by atoms with Gasteiger partial charge in [-0.05, 0) is 19.8 Å². The summed E-state index contributed by atoms with van der Waals surface area (Å²) in [6.45, 7) is 14.0. The van der Waals surface area contributed by atoms with Crippen molar-refractivity contribution in [3.63, 3.8) is 0 Å². The van der Waals surface area contributed by atoms with Crippen molar-refractivity contribution < 1.29 is 9.26 Å². The van der Waals surface area contributed by atoms with Crippen LogP contribution in [0.15, 0.2) is 9.52 Å². The van der Waals surface area contributed by atoms with E-state index in [1.165, 1.54) is 0 Å². The van der Waals surface area contributed by atoms with Crippen LogP contribution in [0.5, 0.6) is 0 Å². The molecule has 0 aromatic carbocycles. The average Bonchev–Trinajstić information content (AvgIpc) is 2.99. The van der Waals surface area contributed by atoms with E-state index < -0.39 is 0 Å². The quantitative estimate of drug-likeness (QED) is 0.561. The van der Waals surface area contributed by atoms with Crippen LogP contribution in [0.1, 0.15) is 32.5 Å². The summed E-state index contributed by atoms with van der Waals surface area (Å²) in [6, 6.07) is 0.448. The van der Waals surface area contributed by atoms with Crippen LogP contribution in [0.3, 0.4) is 0 Å². The second kappa shape index (κ2) is 9.58. The Balaban J connectivity index is 1.92. The van der Waals surface area contributed by atoms with E-state index in [4.69, 9.17) is 9.26 Å². The molecule has 1 fully saturated rings. The van der Waals surface area contributed by atoms with Crippen LogP contribution in [-0.4, -0.2) is 66.4 Å². The van der Waals surface area contributed by atoms with Crippen LogP contribution in [0.4, 0.5) is 0 Å². The van der Waals surface area contributed by atoms with Crippen molar-refractivity contribution >= 4 is 5.96 Å². The highest BCUT2D eigenvalue weighted by atomic mass is 16.5. The topological polar surface area (TPSA) is 87.8 Å². The highest BCUT2D eigenvalue weighted by Crippen LogP contribution is 2.12. The molecule has 0 spiro atoms. The Morgan fingerprint density at radius 3 is 2.62 bits per heavy atom. The van der Waals surface area contributed by atoms with Gasteiger partial charge in [0, 0.05) is 32.2 Å². The fourth-order valence-electron chi connectivity index (χ4n) is 2.79. The van der Waals surface area contributed by atoms with Crippen molar-refractivity contribution in [2.75, 3.05) is 39.4 Å². The minimum absolute atomic E-state index is 0.375. The van der Waals surface area contributed by atoms with Crippen molar-refractivity contribution in [1.82, 2.24) is 25.7 Å². The van der Waals surface area contributed by atoms with Crippen LogP contribution in [0.2, 0.25) is 0 Å². The molecule has 2 N–H and O–H groups in total. The van der Waals surface area contributed by atoms with Crippen molar-refractivity contribution in [3.05, 3.63) is 11.7 Å². The van der Waals surface area contributed by atoms with Gasteiger partial charge in [0.25, 0.3) is 0 Å². The lowest BCUT2D eigenvalue weighted by Crippen LogP contribution is -2.52. The fourth-order valence-corrected chi connectivity index (χ4v) is 2.79. The molecule has 1 unspecified atom stereocenters. The zero-order valence-corrected chi connectivity index (χ0v) is 15.2. The van der Waals surface area contributed by atoms with Gasteiger partial charge < -0.3 is 19.9 Å². The Morgan fingerprint density at radius 2 is 2.04 bits per heavy atom. The maximum absolute atomic E-state index is 5.46. The number of aryl methyl sites for hydroxylation is 1. The minimum Gasteiger partial charge on any atom is -0.379 e. The van der Waals surface area contributed by atoms with Gasteiger partial charge >= 0.3 is 0 Å². The van der Waals surface area contributed by atoms with Gasteiger partial charge in [0.2, 0.25) is 5.89 Å². The standard InChI is InChI=1S/C16H30N6O2/c1-5-17-16(19-11-15-20-13(4)21-24-15)18-10-14(12(2)3)22-6-8-23-9-7-22/h12,14H,5-11H2,1-4H3,(H2,17,18,19). The third-order valence-corrected chi connectivity index (χ3v) is 4.05. The summed E-state index contributed by atoms with van der Waals surface area (Å²) in [4.78, 5) is 11.2. The smallest absolute Gasteiger partial charge is 0.248 e. The van der Waals surface area contributed by atoms with Crippen LogP contribution >= 0.6 is 0 Å². The van der Waals surface area contributed by atoms with E-state index in [2.05, 4.69) is 51.4 Å². The SMILES string of the molecule is CCNC(=NCc1nc(C)no1)NCC(C(C)C)N1CCOCC1. The monoisotopic (exact) mass is 338 g/mol. The molecule has 0 radical (unpaired) electrons. The second-order valence-electron chi connectivity index (χ2n) is 6.27. The Bertz CT molecular complexity index is 510. The molecule has 8 heteroatoms. The van der Waals surface area contributed by atoms with E-state index in [9.17, 15) is 0 Å². The summed E-state index contributed by atoms with van der Waals surface area (Å²) in [5, 5.41) is 10.5. The molecule has 136 valence electrons. The number of aromatic nitrogens is 2. The lowest BCUT2D eigenvalue weighted by Gasteiger charge is -2.37. The van der Waals surface area contributed by atoms with Gasteiger partial charge in [-0.1, -0.05) is 19.0 Å². The minimum atomic E-state index is 0.375. The predicted octanol–water partition coefficient (Wildman–Crippen LogP) is 0.790. The van der Waals surface area contributed by atoms with Crippen LogP contribution in [0.25, 0.3) is 0 Å². The van der Waals surface area contributed by atoms with E-state index >= 15 is 0 Å². The first-order valence-electron chi connectivity index (χ1n) is 8.73. The number of aliphatic imine (C=N–C) groups is 1. The number of nitrogens with zero attached hydrogens (tertiary/aromatic N) is 4. The molecule has 1 aromatic heterocycles. The number of rotatable bonds is 7. The average molecular weight is 338 g/mol. The molecule has 2 rings (SSSR count). The maximum atomic E-state index is 5.46. The van der Waals surface area contributed by atoms with Crippen LogP contribution in [0, 0.1) is 12.8 Å². The largest absolute Gasteiger partial charge is 0.379 e. The van der Waals surface area contributed by atoms with Gasteiger partial charge in [0.05, 0.1) is 13.2 Å². The highest BCUT2D eigenvalue weighted by molar-refractivity contribution is 5.79. The lowest BCUT2D eigenvalue weighted by atomic mass is 10.0. The van der Waals surface area contributed by atoms with Gasteiger partial charge in [-0.25, -0.2) is 4.99 Å². The highest BCUT2D eigenvalue weighted by Gasteiger charge is 2.23. The van der Waals surface area contributed by atoms with Crippen molar-refractivity contribution in [1.29, 1.82) is 0 Å². The number of hydrogen-bond acceptors (Lipinski definition) is 6. The molecule has 1 atom stereocenters. The normalized spacial score (nSPS) is 18.0. The van der Waals surface area contributed by atoms with Gasteiger partial charge in [0.15, 0.2) is 11.8 Å². The zero-order valence-electron chi connectivity index (χ0n) is 15.2. The number of morpholine rings is 1. The van der Waals surface area contributed by atoms with E-state index in [0.717, 1.165) is 45.4 Å². The van der Waals surface area contributed by atoms with E-state index in [-0.39, 0.29) is 0 Å². The Morgan fingerprint density at radius 1 is 1.29 bits per heavy atom. The summed E-state index contributed by atoms with van der Waals surface area (Å²) < 4.78 is 10.6. The number of ether oxygens (including phenoxy) is 1. The molecular weight excluding hydrogens is 308 g/mol. The number of nitrogens with one attached hydrogen (secondary N) is 2. The molecule has 0 saturated carbocycles. The summed E-state index contributed by atoms with van der Waals surface area (Å²) >= 11 is 0. The van der Waals surface area contributed by atoms with E-state index in [0.29, 0.717) is 30.2 Å². The van der Waals surface area contributed by atoms with Gasteiger partial charge in [-0.3, -0.25) is 4.90 Å². The molecule has 24 heavy (non-hydrogen) atoms. The molecule has 1 aliphatic heterocycles. The first-order chi connectivity index (χ1) is 11.6. The number of hydrogen-bond donors (Lipinski definition) is 2. The predicted molar refractivity (Wildman–Crippen MR) is 92.9 cm³/mol. The molecule has 1 aromatic rings. The van der Waals surface area contributed by atoms with Gasteiger partial charge in [-0.15, -0.1) is 0 Å². The zero-order chi connectivity index (χ0) is 17.4. The Kier molecular flexibility index (Phi) is 7.45. The van der Waals surface area contributed by atoms with Crippen LogP contribution in [-0.2, 0) is 11.3 Å². The van der Waals surface area contributed by atoms with Gasteiger partial charge in [0.1, 0.15) is 6.54 Å². The molecule has 2 heterocycles. The third-order valence-electron chi connectivity index (χ3n) is 4.05. The number of guanidine groups is 1. The summed E-state index contributed by atoms with van der Waals surface area (Å²) in [5.74, 6) is 2.48. The first kappa shape index (κ1) is 18.7. The lowest BCUT2D eigenvalue weighted by molar-refractivity contribution is 0.00752. The summed E-state index contributed by atoms with van der Waals surface area (Å²) in [7, 11) is 0. The molecule has 1 saturated heterocycles. The molecule has 0 bridgehead atoms. The van der Waals surface area contributed by atoms with E-state index in [1.54, 1.807) is 6.92 Å². The second-order valence-corrected chi connectivity index (χ2v) is 6.27. The molecular formula is C16H30N6O2. The molecule has 8 nitrogen and oxygen atoms in total. The van der Waals surface area contributed by atoms with Crippen molar-refractivity contribution in [2.45, 2.75) is 40.3 Å². The van der Waals surface area contributed by atoms with Crippen molar-refractivity contribution in [2.24, 2.45) is 10.9 Å². The maximum Gasteiger partial charge on any atom is 0.248 e. The molecule has 0 amide bonds. The molecule has 0 aliphatic carbocycles. The molecule has 1 aliphatic rings. The Labute approximate surface area is 144 Å².